The number of hydrogen-bond donors (Lipinski definition) is 3. The van der Waals surface area contributed by atoms with Crippen LogP contribution in [0.15, 0.2) is 36.7 Å². The van der Waals surface area contributed by atoms with Crippen molar-refractivity contribution in [1.82, 2.24) is 15.3 Å². The lowest BCUT2D eigenvalue weighted by atomic mass is 9.93. The molecule has 3 aromatic rings. The number of H-pyrrole nitrogens is 1. The molecule has 1 atom stereocenters. The molecule has 1 aliphatic carbocycles. The fraction of sp³-hybridized carbons (Fsp3) is 0.385. The second kappa shape index (κ2) is 8.32. The molecule has 2 fully saturated rings. The largest absolute Gasteiger partial charge is 0.489 e. The van der Waals surface area contributed by atoms with Crippen molar-refractivity contribution in [3.63, 3.8) is 0 Å². The van der Waals surface area contributed by atoms with Crippen molar-refractivity contribution >= 4 is 28.9 Å². The molecule has 0 bridgehead atoms. The summed E-state index contributed by atoms with van der Waals surface area (Å²) in [5, 5.41) is 7.30. The number of amides is 1. The SMILES string of the molecule is Cc1c(Cl)cccc1Nc1c(-c2ccncc2OC[C@@H]2CCCO2)[nH]c2c1C(=O)NCC21CC1. The number of halogens is 1. The maximum atomic E-state index is 13.1. The van der Waals surface area contributed by atoms with E-state index in [2.05, 4.69) is 20.6 Å². The Hall–Kier alpha value is -3.03. The molecule has 0 unspecified atom stereocenters. The molecular formula is C26H27ClN4O3. The summed E-state index contributed by atoms with van der Waals surface area (Å²) in [5.41, 5.74) is 5.83. The summed E-state index contributed by atoms with van der Waals surface area (Å²) in [7, 11) is 0. The van der Waals surface area contributed by atoms with Gasteiger partial charge in [-0.1, -0.05) is 17.7 Å². The highest BCUT2D eigenvalue weighted by Gasteiger charge is 2.51. The van der Waals surface area contributed by atoms with Crippen LogP contribution < -0.4 is 15.4 Å². The van der Waals surface area contributed by atoms with E-state index in [9.17, 15) is 4.79 Å². The van der Waals surface area contributed by atoms with E-state index in [1.807, 2.05) is 31.2 Å². The zero-order chi connectivity index (χ0) is 23.3. The molecule has 2 aliphatic heterocycles. The average Bonchev–Trinajstić information content (AvgIpc) is 3.25. The second-order valence-electron chi connectivity index (χ2n) is 9.44. The first-order chi connectivity index (χ1) is 16.6. The zero-order valence-electron chi connectivity index (χ0n) is 19.0. The average molecular weight is 479 g/mol. The molecule has 6 rings (SSSR count). The second-order valence-corrected chi connectivity index (χ2v) is 9.85. The number of carbonyl (C=O) groups excluding carboxylic acids is 1. The molecular weight excluding hydrogens is 452 g/mol. The molecule has 1 saturated heterocycles. The number of rotatable bonds is 6. The highest BCUT2D eigenvalue weighted by molar-refractivity contribution is 6.31. The maximum absolute atomic E-state index is 13.1. The van der Waals surface area contributed by atoms with Crippen molar-refractivity contribution in [3.05, 3.63) is 58.5 Å². The number of aromatic amines is 1. The van der Waals surface area contributed by atoms with E-state index in [0.29, 0.717) is 29.5 Å². The van der Waals surface area contributed by atoms with Gasteiger partial charge in [0.25, 0.3) is 5.91 Å². The Balaban J connectivity index is 1.46. The Bertz CT molecular complexity index is 1260. The third-order valence-electron chi connectivity index (χ3n) is 7.23. The highest BCUT2D eigenvalue weighted by Crippen LogP contribution is 2.54. The number of fused-ring (bicyclic) bond motifs is 2. The molecule has 1 saturated carbocycles. The fourth-order valence-corrected chi connectivity index (χ4v) is 5.17. The van der Waals surface area contributed by atoms with Crippen LogP contribution in [0.2, 0.25) is 5.02 Å². The van der Waals surface area contributed by atoms with E-state index in [-0.39, 0.29) is 17.4 Å². The molecule has 2 aromatic heterocycles. The third kappa shape index (κ3) is 3.63. The number of aromatic nitrogens is 2. The van der Waals surface area contributed by atoms with Gasteiger partial charge < -0.3 is 25.1 Å². The van der Waals surface area contributed by atoms with Gasteiger partial charge >= 0.3 is 0 Å². The Morgan fingerprint density at radius 2 is 2.21 bits per heavy atom. The van der Waals surface area contributed by atoms with E-state index < -0.39 is 0 Å². The third-order valence-corrected chi connectivity index (χ3v) is 7.64. The van der Waals surface area contributed by atoms with Gasteiger partial charge in [-0.3, -0.25) is 9.78 Å². The summed E-state index contributed by atoms with van der Waals surface area (Å²) >= 11 is 6.40. The molecule has 0 radical (unpaired) electrons. The topological polar surface area (TPSA) is 88.3 Å². The summed E-state index contributed by atoms with van der Waals surface area (Å²) in [6, 6.07) is 7.66. The van der Waals surface area contributed by atoms with E-state index >= 15 is 0 Å². The minimum atomic E-state index is -0.0758. The van der Waals surface area contributed by atoms with Crippen LogP contribution in [0.3, 0.4) is 0 Å². The van der Waals surface area contributed by atoms with Crippen molar-refractivity contribution in [2.45, 2.75) is 44.1 Å². The Morgan fingerprint density at radius 3 is 3.00 bits per heavy atom. The number of carbonyl (C=O) groups is 1. The number of pyridine rings is 1. The summed E-state index contributed by atoms with van der Waals surface area (Å²) in [6.07, 6.45) is 7.72. The standard InChI is InChI=1S/C26H27ClN4O3/c1-15-18(27)5-2-6-19(15)30-23-21-24(26(8-9-26)14-29-25(21)32)31-22(23)17-7-10-28-12-20(17)34-13-16-4-3-11-33-16/h2,5-7,10,12,16,30-31H,3-4,8-9,11,13-14H2,1H3,(H,29,32)/t16-/m0/s1. The lowest BCUT2D eigenvalue weighted by Crippen LogP contribution is -2.39. The summed E-state index contributed by atoms with van der Waals surface area (Å²) in [6.45, 7) is 3.88. The fourth-order valence-electron chi connectivity index (χ4n) is 4.99. The molecule has 176 valence electrons. The molecule has 1 aromatic carbocycles. The first-order valence-electron chi connectivity index (χ1n) is 11.8. The smallest absolute Gasteiger partial charge is 0.255 e. The normalized spacial score (nSPS) is 20.2. The molecule has 7 nitrogen and oxygen atoms in total. The van der Waals surface area contributed by atoms with Gasteiger partial charge in [-0.2, -0.15) is 0 Å². The minimum Gasteiger partial charge on any atom is -0.489 e. The highest BCUT2D eigenvalue weighted by atomic mass is 35.5. The van der Waals surface area contributed by atoms with Crippen LogP contribution >= 0.6 is 11.6 Å². The first-order valence-corrected chi connectivity index (χ1v) is 12.2. The van der Waals surface area contributed by atoms with Gasteiger partial charge in [0.05, 0.1) is 29.2 Å². The van der Waals surface area contributed by atoms with Crippen molar-refractivity contribution in [3.8, 4) is 17.0 Å². The van der Waals surface area contributed by atoms with Crippen LogP contribution in [0.1, 0.15) is 47.3 Å². The van der Waals surface area contributed by atoms with Crippen LogP contribution in [0, 0.1) is 6.92 Å². The van der Waals surface area contributed by atoms with Gasteiger partial charge in [-0.15, -0.1) is 0 Å². The predicted molar refractivity (Wildman–Crippen MR) is 131 cm³/mol. The van der Waals surface area contributed by atoms with Crippen LogP contribution in [0.25, 0.3) is 11.3 Å². The Labute approximate surface area is 203 Å². The summed E-state index contributed by atoms with van der Waals surface area (Å²) in [4.78, 5) is 21.1. The van der Waals surface area contributed by atoms with E-state index in [0.717, 1.165) is 66.2 Å². The van der Waals surface area contributed by atoms with Gasteiger partial charge in [-0.05, 0) is 56.4 Å². The molecule has 8 heteroatoms. The van der Waals surface area contributed by atoms with Crippen molar-refractivity contribution in [2.75, 3.05) is 25.1 Å². The molecule has 1 spiro atoms. The molecule has 34 heavy (non-hydrogen) atoms. The Morgan fingerprint density at radius 1 is 1.32 bits per heavy atom. The molecule has 1 amide bonds. The minimum absolute atomic E-state index is 0.0208. The van der Waals surface area contributed by atoms with Crippen LogP contribution in [-0.4, -0.2) is 41.7 Å². The van der Waals surface area contributed by atoms with E-state index in [1.54, 1.807) is 12.4 Å². The summed E-state index contributed by atoms with van der Waals surface area (Å²) < 4.78 is 11.9. The van der Waals surface area contributed by atoms with Crippen molar-refractivity contribution in [2.24, 2.45) is 0 Å². The first kappa shape index (κ1) is 21.5. The monoisotopic (exact) mass is 478 g/mol. The van der Waals surface area contributed by atoms with Gasteiger partial charge in [0.1, 0.15) is 12.4 Å². The van der Waals surface area contributed by atoms with E-state index in [4.69, 9.17) is 21.1 Å². The zero-order valence-corrected chi connectivity index (χ0v) is 19.8. The number of nitrogens with zero attached hydrogens (tertiary/aromatic N) is 1. The van der Waals surface area contributed by atoms with Crippen LogP contribution in [-0.2, 0) is 10.2 Å². The summed E-state index contributed by atoms with van der Waals surface area (Å²) in [5.74, 6) is 0.584. The van der Waals surface area contributed by atoms with Gasteiger partial charge in [-0.25, -0.2) is 0 Å². The number of benzene rings is 1. The predicted octanol–water partition coefficient (Wildman–Crippen LogP) is 5.11. The van der Waals surface area contributed by atoms with Crippen molar-refractivity contribution < 1.29 is 14.3 Å². The van der Waals surface area contributed by atoms with Gasteiger partial charge in [0, 0.05) is 46.7 Å². The lowest BCUT2D eigenvalue weighted by Gasteiger charge is -2.23. The van der Waals surface area contributed by atoms with Crippen LogP contribution in [0.4, 0.5) is 11.4 Å². The number of ether oxygens (including phenoxy) is 2. The van der Waals surface area contributed by atoms with E-state index in [1.165, 1.54) is 0 Å². The Kier molecular flexibility index (Phi) is 5.26. The quantitative estimate of drug-likeness (QED) is 0.458. The van der Waals surface area contributed by atoms with Crippen LogP contribution in [0.5, 0.6) is 5.75 Å². The molecule has 4 heterocycles. The van der Waals surface area contributed by atoms with Crippen molar-refractivity contribution in [1.29, 1.82) is 0 Å². The number of anilines is 2. The number of nitrogens with one attached hydrogen (secondary N) is 3. The molecule has 3 N–H and O–H groups in total. The number of hydrogen-bond acceptors (Lipinski definition) is 5. The van der Waals surface area contributed by atoms with Gasteiger partial charge in [0.2, 0.25) is 0 Å². The maximum Gasteiger partial charge on any atom is 0.255 e. The molecule has 3 aliphatic rings. The lowest BCUT2D eigenvalue weighted by molar-refractivity contribution is 0.0680. The van der Waals surface area contributed by atoms with Gasteiger partial charge in [0.15, 0.2) is 0 Å².